The van der Waals surface area contributed by atoms with E-state index < -0.39 is 5.82 Å². The largest absolute Gasteiger partial charge is 0.307 e. The summed E-state index contributed by atoms with van der Waals surface area (Å²) in [5.74, 6) is -0.806. The second kappa shape index (κ2) is 5.60. The summed E-state index contributed by atoms with van der Waals surface area (Å²) >= 11 is 2.96. The van der Waals surface area contributed by atoms with E-state index in [4.69, 9.17) is 0 Å². The molecular formula is C21H19FN2O3S2. The summed E-state index contributed by atoms with van der Waals surface area (Å²) in [6.07, 6.45) is 0.884. The van der Waals surface area contributed by atoms with Crippen molar-refractivity contribution in [3.8, 4) is 0 Å². The molecule has 1 saturated heterocycles. The fourth-order valence-corrected chi connectivity index (χ4v) is 9.65. The standard InChI is InChI=1S/C21H19FN2O3S2/c1-21(2)14-10-7-11(15(14)28-17-16(21)29-20(27)23-17)13-12(10)18(25)24(19(13)26)9-5-3-8(22)4-6-9/h3-6,10-15H,7H2,1-2H3,(H,23,27)/t10?,11?,12?,13?,14-,15-/m1/s1. The third-order valence-corrected chi connectivity index (χ3v) is 10.3. The number of fused-ring (bicyclic) bond motifs is 9. The number of thiazole rings is 1. The van der Waals surface area contributed by atoms with E-state index in [1.807, 2.05) is 0 Å². The fraction of sp³-hybridized carbons (Fsp3) is 0.476. The van der Waals surface area contributed by atoms with Gasteiger partial charge in [0.05, 0.1) is 22.5 Å². The van der Waals surface area contributed by atoms with Gasteiger partial charge in [0.2, 0.25) is 11.8 Å². The Balaban J connectivity index is 1.42. The van der Waals surface area contributed by atoms with Crippen LogP contribution in [0.15, 0.2) is 34.1 Å². The van der Waals surface area contributed by atoms with Crippen LogP contribution in [0.1, 0.15) is 25.1 Å². The van der Waals surface area contributed by atoms with Crippen LogP contribution in [0.3, 0.4) is 0 Å². The number of nitrogens with zero attached hydrogens (tertiary/aromatic N) is 1. The van der Waals surface area contributed by atoms with E-state index in [0.29, 0.717) is 5.69 Å². The number of imide groups is 1. The van der Waals surface area contributed by atoms with Crippen LogP contribution in [0.4, 0.5) is 10.1 Å². The Bertz CT molecular complexity index is 1120. The smallest absolute Gasteiger partial charge is 0.305 e. The molecule has 5 nitrogen and oxygen atoms in total. The zero-order valence-electron chi connectivity index (χ0n) is 15.8. The van der Waals surface area contributed by atoms with Crippen molar-refractivity contribution in [3.05, 3.63) is 44.6 Å². The molecule has 3 fully saturated rings. The molecule has 6 rings (SSSR count). The van der Waals surface area contributed by atoms with Gasteiger partial charge in [0.25, 0.3) is 0 Å². The number of rotatable bonds is 1. The van der Waals surface area contributed by atoms with Crippen LogP contribution in [0.25, 0.3) is 0 Å². The van der Waals surface area contributed by atoms with Crippen LogP contribution in [-0.4, -0.2) is 22.0 Å². The van der Waals surface area contributed by atoms with Crippen LogP contribution in [-0.2, 0) is 15.0 Å². The lowest BCUT2D eigenvalue weighted by atomic mass is 9.64. The van der Waals surface area contributed by atoms with Gasteiger partial charge in [-0.2, -0.15) is 0 Å². The molecule has 0 radical (unpaired) electrons. The molecule has 0 spiro atoms. The molecule has 3 heterocycles. The molecular weight excluding hydrogens is 411 g/mol. The summed E-state index contributed by atoms with van der Waals surface area (Å²) < 4.78 is 13.3. The third-order valence-electron chi connectivity index (χ3n) is 7.48. The number of aromatic nitrogens is 1. The van der Waals surface area contributed by atoms with Gasteiger partial charge in [0.1, 0.15) is 5.82 Å². The summed E-state index contributed by atoms with van der Waals surface area (Å²) in [5.41, 5.74) is 0.236. The van der Waals surface area contributed by atoms with Gasteiger partial charge in [-0.25, -0.2) is 4.39 Å². The monoisotopic (exact) mass is 430 g/mol. The van der Waals surface area contributed by atoms with Crippen molar-refractivity contribution in [2.24, 2.45) is 29.6 Å². The lowest BCUT2D eigenvalue weighted by molar-refractivity contribution is -0.123. The van der Waals surface area contributed by atoms with Gasteiger partial charge >= 0.3 is 4.87 Å². The highest BCUT2D eigenvalue weighted by Crippen LogP contribution is 2.69. The molecule has 2 saturated carbocycles. The van der Waals surface area contributed by atoms with E-state index in [-0.39, 0.29) is 56.9 Å². The molecule has 6 atom stereocenters. The van der Waals surface area contributed by atoms with Crippen molar-refractivity contribution in [2.45, 2.75) is 36.0 Å². The summed E-state index contributed by atoms with van der Waals surface area (Å²) in [5, 5.41) is 1.15. The lowest BCUT2D eigenvalue weighted by Crippen LogP contribution is -2.48. The van der Waals surface area contributed by atoms with Crippen molar-refractivity contribution in [3.63, 3.8) is 0 Å². The summed E-state index contributed by atoms with van der Waals surface area (Å²) in [4.78, 5) is 43.9. The normalized spacial score (nSPS) is 36.3. The Labute approximate surface area is 174 Å². The van der Waals surface area contributed by atoms with Crippen molar-refractivity contribution in [1.82, 2.24) is 4.98 Å². The SMILES string of the molecule is CC1(C)c2sc(=O)[nH]c2S[C@@H]2C3CC(C4C(=O)N(c5ccc(F)cc5)C(=O)C43)[C@H]21. The first-order valence-corrected chi connectivity index (χ1v) is 11.5. The molecule has 4 aliphatic rings. The van der Waals surface area contributed by atoms with E-state index >= 15 is 0 Å². The van der Waals surface area contributed by atoms with Crippen molar-refractivity contribution < 1.29 is 14.0 Å². The Morgan fingerprint density at radius 3 is 2.41 bits per heavy atom. The summed E-state index contributed by atoms with van der Waals surface area (Å²) in [6.45, 7) is 4.34. The van der Waals surface area contributed by atoms with E-state index in [1.165, 1.54) is 40.5 Å². The van der Waals surface area contributed by atoms with Gasteiger partial charge < -0.3 is 4.98 Å². The minimum atomic E-state index is -0.391. The fourth-order valence-electron chi connectivity index (χ4n) is 6.50. The number of hydrogen-bond acceptors (Lipinski definition) is 5. The first kappa shape index (κ1) is 17.9. The predicted molar refractivity (Wildman–Crippen MR) is 109 cm³/mol. The molecule has 2 bridgehead atoms. The average Bonchev–Trinajstić information content (AvgIpc) is 3.38. The van der Waals surface area contributed by atoms with Crippen LogP contribution >= 0.6 is 23.1 Å². The number of hydrogen-bond donors (Lipinski definition) is 1. The maximum Gasteiger partial charge on any atom is 0.305 e. The zero-order chi connectivity index (χ0) is 20.2. The second-order valence-corrected chi connectivity index (χ2v) is 11.3. The molecule has 2 aromatic rings. The molecule has 2 amide bonds. The van der Waals surface area contributed by atoms with Crippen molar-refractivity contribution in [2.75, 3.05) is 4.90 Å². The minimum Gasteiger partial charge on any atom is -0.307 e. The number of halogens is 1. The highest BCUT2D eigenvalue weighted by Gasteiger charge is 2.70. The quantitative estimate of drug-likeness (QED) is 0.704. The molecule has 29 heavy (non-hydrogen) atoms. The molecule has 2 aliphatic heterocycles. The van der Waals surface area contributed by atoms with E-state index in [1.54, 1.807) is 11.8 Å². The highest BCUT2D eigenvalue weighted by atomic mass is 32.2. The summed E-state index contributed by atoms with van der Waals surface area (Å²) in [7, 11) is 0. The lowest BCUT2D eigenvalue weighted by Gasteiger charge is -2.47. The van der Waals surface area contributed by atoms with Crippen LogP contribution in [0.2, 0.25) is 0 Å². The number of carbonyl (C=O) groups is 2. The maximum absolute atomic E-state index is 13.4. The van der Waals surface area contributed by atoms with E-state index in [2.05, 4.69) is 18.8 Å². The molecule has 150 valence electrons. The van der Waals surface area contributed by atoms with Crippen LogP contribution < -0.4 is 9.77 Å². The van der Waals surface area contributed by atoms with Gasteiger partial charge in [-0.1, -0.05) is 25.2 Å². The highest BCUT2D eigenvalue weighted by molar-refractivity contribution is 8.00. The predicted octanol–water partition coefficient (Wildman–Crippen LogP) is 3.40. The van der Waals surface area contributed by atoms with Crippen molar-refractivity contribution >= 4 is 40.6 Å². The van der Waals surface area contributed by atoms with Gasteiger partial charge in [0.15, 0.2) is 0 Å². The first-order valence-electron chi connectivity index (χ1n) is 9.82. The first-order chi connectivity index (χ1) is 13.8. The topological polar surface area (TPSA) is 70.2 Å². The van der Waals surface area contributed by atoms with E-state index in [0.717, 1.165) is 16.3 Å². The summed E-state index contributed by atoms with van der Waals surface area (Å²) in [6, 6.07) is 5.57. The van der Waals surface area contributed by atoms with Crippen molar-refractivity contribution in [1.29, 1.82) is 0 Å². The molecule has 4 unspecified atom stereocenters. The van der Waals surface area contributed by atoms with Crippen LogP contribution in [0.5, 0.6) is 0 Å². The number of aromatic amines is 1. The van der Waals surface area contributed by atoms with Gasteiger partial charge in [0, 0.05) is 15.5 Å². The number of carbonyl (C=O) groups excluding carboxylic acids is 2. The number of amides is 2. The van der Waals surface area contributed by atoms with E-state index in [9.17, 15) is 18.8 Å². The molecule has 2 aliphatic carbocycles. The second-order valence-electron chi connectivity index (χ2n) is 9.11. The Kier molecular flexibility index (Phi) is 3.46. The number of nitrogens with one attached hydrogen (secondary N) is 1. The van der Waals surface area contributed by atoms with Crippen LogP contribution in [0, 0.1) is 35.4 Å². The number of thioether (sulfide) groups is 1. The maximum atomic E-state index is 13.4. The zero-order valence-corrected chi connectivity index (χ0v) is 17.5. The average molecular weight is 431 g/mol. The van der Waals surface area contributed by atoms with Gasteiger partial charge in [-0.05, 0) is 48.4 Å². The molecule has 8 heteroatoms. The number of benzene rings is 1. The Morgan fingerprint density at radius 2 is 1.72 bits per heavy atom. The molecule has 1 N–H and O–H groups in total. The number of H-pyrrole nitrogens is 1. The number of anilines is 1. The van der Waals surface area contributed by atoms with Gasteiger partial charge in [-0.3, -0.25) is 19.3 Å². The molecule has 1 aromatic carbocycles. The Morgan fingerprint density at radius 1 is 1.07 bits per heavy atom. The molecule has 1 aromatic heterocycles. The third kappa shape index (κ3) is 2.14. The minimum absolute atomic E-state index is 0.0438. The van der Waals surface area contributed by atoms with Gasteiger partial charge in [-0.15, -0.1) is 11.8 Å². The Hall–Kier alpha value is -1.93.